The summed E-state index contributed by atoms with van der Waals surface area (Å²) in [7, 11) is 0. The van der Waals surface area contributed by atoms with Gasteiger partial charge >= 0.3 is 0 Å². The Labute approximate surface area is 96.7 Å². The van der Waals surface area contributed by atoms with Gasteiger partial charge in [-0.3, -0.25) is 0 Å². The van der Waals surface area contributed by atoms with E-state index in [0.29, 0.717) is 11.7 Å². The van der Waals surface area contributed by atoms with Crippen LogP contribution in [0.2, 0.25) is 0 Å². The van der Waals surface area contributed by atoms with E-state index in [0.717, 1.165) is 12.4 Å². The van der Waals surface area contributed by atoms with Gasteiger partial charge in [0, 0.05) is 12.6 Å². The van der Waals surface area contributed by atoms with E-state index in [1.54, 1.807) is 6.07 Å². The number of aromatic nitrogens is 1. The number of nitrogens with zero attached hydrogens (tertiary/aromatic N) is 3. The van der Waals surface area contributed by atoms with Gasteiger partial charge in [-0.25, -0.2) is 4.98 Å². The summed E-state index contributed by atoms with van der Waals surface area (Å²) in [6.07, 6.45) is 5.05. The predicted molar refractivity (Wildman–Crippen MR) is 64.2 cm³/mol. The Bertz CT molecular complexity index is 394. The fourth-order valence-corrected chi connectivity index (χ4v) is 2.26. The van der Waals surface area contributed by atoms with Crippen LogP contribution in [0.25, 0.3) is 0 Å². The lowest BCUT2D eigenvalue weighted by Crippen LogP contribution is -2.33. The molecule has 1 aliphatic rings. The molecule has 1 aliphatic heterocycles. The standard InChI is InChI=1S/C13H17N3/c1-11-6-3-2-4-9-16(11)13-8-5-7-12(10-14)15-13/h5,7-8,11H,2-4,6,9H2,1H3. The zero-order valence-electron chi connectivity index (χ0n) is 9.69. The van der Waals surface area contributed by atoms with Gasteiger partial charge in [-0.1, -0.05) is 18.9 Å². The molecule has 0 aromatic carbocycles. The van der Waals surface area contributed by atoms with Crippen LogP contribution in [0.5, 0.6) is 0 Å². The molecule has 1 atom stereocenters. The summed E-state index contributed by atoms with van der Waals surface area (Å²) in [6, 6.07) is 8.30. The SMILES string of the molecule is CC1CCCCCN1c1cccc(C#N)n1. The molecule has 0 spiro atoms. The van der Waals surface area contributed by atoms with E-state index in [-0.39, 0.29) is 0 Å². The van der Waals surface area contributed by atoms with Crippen molar-refractivity contribution in [1.29, 1.82) is 5.26 Å². The Morgan fingerprint density at radius 1 is 1.38 bits per heavy atom. The third kappa shape index (κ3) is 2.33. The molecule has 2 heterocycles. The Balaban J connectivity index is 2.24. The highest BCUT2D eigenvalue weighted by Crippen LogP contribution is 2.22. The fourth-order valence-electron chi connectivity index (χ4n) is 2.26. The van der Waals surface area contributed by atoms with Gasteiger partial charge in [0.2, 0.25) is 0 Å². The minimum atomic E-state index is 0.508. The second-order valence-corrected chi connectivity index (χ2v) is 4.38. The summed E-state index contributed by atoms with van der Waals surface area (Å²) in [5.41, 5.74) is 0.508. The van der Waals surface area contributed by atoms with Crippen LogP contribution in [0.1, 0.15) is 38.3 Å². The van der Waals surface area contributed by atoms with Crippen molar-refractivity contribution in [1.82, 2.24) is 4.98 Å². The highest BCUT2D eigenvalue weighted by atomic mass is 15.2. The zero-order chi connectivity index (χ0) is 11.4. The van der Waals surface area contributed by atoms with E-state index in [9.17, 15) is 0 Å². The van der Waals surface area contributed by atoms with Crippen LogP contribution < -0.4 is 4.90 Å². The van der Waals surface area contributed by atoms with Crippen LogP contribution in [-0.2, 0) is 0 Å². The summed E-state index contributed by atoms with van der Waals surface area (Å²) in [6.45, 7) is 3.30. The van der Waals surface area contributed by atoms with Crippen LogP contribution in [-0.4, -0.2) is 17.6 Å². The third-order valence-electron chi connectivity index (χ3n) is 3.20. The second-order valence-electron chi connectivity index (χ2n) is 4.38. The molecule has 3 heteroatoms. The van der Waals surface area contributed by atoms with Crippen LogP contribution in [0.15, 0.2) is 18.2 Å². The highest BCUT2D eigenvalue weighted by Gasteiger charge is 2.18. The number of rotatable bonds is 1. The second kappa shape index (κ2) is 4.98. The minimum absolute atomic E-state index is 0.508. The monoisotopic (exact) mass is 215 g/mol. The smallest absolute Gasteiger partial charge is 0.142 e. The van der Waals surface area contributed by atoms with Crippen molar-refractivity contribution in [3.05, 3.63) is 23.9 Å². The summed E-state index contributed by atoms with van der Waals surface area (Å²) < 4.78 is 0. The summed E-state index contributed by atoms with van der Waals surface area (Å²) in [5.74, 6) is 0.952. The Morgan fingerprint density at radius 3 is 3.06 bits per heavy atom. The number of nitriles is 1. The predicted octanol–water partition coefficient (Wildman–Crippen LogP) is 2.72. The van der Waals surface area contributed by atoms with E-state index in [2.05, 4.69) is 22.9 Å². The van der Waals surface area contributed by atoms with Gasteiger partial charge in [-0.05, 0) is 31.9 Å². The number of anilines is 1. The van der Waals surface area contributed by atoms with Crippen LogP contribution in [0.3, 0.4) is 0 Å². The van der Waals surface area contributed by atoms with Crippen molar-refractivity contribution >= 4 is 5.82 Å². The molecule has 1 saturated heterocycles. The normalized spacial score (nSPS) is 21.2. The van der Waals surface area contributed by atoms with Crippen molar-refractivity contribution in [2.75, 3.05) is 11.4 Å². The molecule has 2 rings (SSSR count). The Kier molecular flexibility index (Phi) is 3.40. The first-order chi connectivity index (χ1) is 7.81. The molecule has 1 unspecified atom stereocenters. The summed E-state index contributed by atoms with van der Waals surface area (Å²) in [5, 5.41) is 8.85. The molecule has 0 saturated carbocycles. The molecule has 1 aromatic rings. The summed E-state index contributed by atoms with van der Waals surface area (Å²) >= 11 is 0. The molecule has 0 N–H and O–H groups in total. The van der Waals surface area contributed by atoms with Gasteiger partial charge in [-0.2, -0.15) is 5.26 Å². The number of hydrogen-bond donors (Lipinski definition) is 0. The molecule has 1 fully saturated rings. The quantitative estimate of drug-likeness (QED) is 0.723. The van der Waals surface area contributed by atoms with Crippen molar-refractivity contribution in [2.24, 2.45) is 0 Å². The first kappa shape index (κ1) is 10.9. The van der Waals surface area contributed by atoms with E-state index in [1.165, 1.54) is 25.7 Å². The lowest BCUT2D eigenvalue weighted by molar-refractivity contribution is 0.611. The molecule has 0 bridgehead atoms. The molecular formula is C13H17N3. The Morgan fingerprint density at radius 2 is 2.25 bits per heavy atom. The van der Waals surface area contributed by atoms with Gasteiger partial charge in [0.1, 0.15) is 17.6 Å². The highest BCUT2D eigenvalue weighted by molar-refractivity contribution is 5.42. The minimum Gasteiger partial charge on any atom is -0.354 e. The number of pyridine rings is 1. The van der Waals surface area contributed by atoms with Crippen molar-refractivity contribution in [3.63, 3.8) is 0 Å². The van der Waals surface area contributed by atoms with E-state index < -0.39 is 0 Å². The van der Waals surface area contributed by atoms with E-state index >= 15 is 0 Å². The lowest BCUT2D eigenvalue weighted by atomic mass is 10.1. The third-order valence-corrected chi connectivity index (χ3v) is 3.20. The Hall–Kier alpha value is -1.56. The average molecular weight is 215 g/mol. The molecule has 1 aromatic heterocycles. The van der Waals surface area contributed by atoms with Gasteiger partial charge < -0.3 is 4.90 Å². The van der Waals surface area contributed by atoms with Gasteiger partial charge in [-0.15, -0.1) is 0 Å². The first-order valence-electron chi connectivity index (χ1n) is 5.95. The molecule has 84 valence electrons. The van der Waals surface area contributed by atoms with Gasteiger partial charge in [0.25, 0.3) is 0 Å². The number of hydrogen-bond acceptors (Lipinski definition) is 3. The van der Waals surface area contributed by atoms with Gasteiger partial charge in [0.15, 0.2) is 0 Å². The average Bonchev–Trinajstić information content (AvgIpc) is 2.54. The molecule has 0 aliphatic carbocycles. The lowest BCUT2D eigenvalue weighted by Gasteiger charge is -2.28. The molecule has 0 amide bonds. The fraction of sp³-hybridized carbons (Fsp3) is 0.538. The first-order valence-corrected chi connectivity index (χ1v) is 5.95. The maximum atomic E-state index is 8.85. The summed E-state index contributed by atoms with van der Waals surface area (Å²) in [4.78, 5) is 6.70. The van der Waals surface area contributed by atoms with Crippen LogP contribution in [0, 0.1) is 11.3 Å². The molecular weight excluding hydrogens is 198 g/mol. The zero-order valence-corrected chi connectivity index (χ0v) is 9.69. The van der Waals surface area contributed by atoms with Crippen molar-refractivity contribution in [3.8, 4) is 6.07 Å². The maximum absolute atomic E-state index is 8.85. The van der Waals surface area contributed by atoms with Crippen molar-refractivity contribution < 1.29 is 0 Å². The molecule has 16 heavy (non-hydrogen) atoms. The largest absolute Gasteiger partial charge is 0.354 e. The molecule has 3 nitrogen and oxygen atoms in total. The maximum Gasteiger partial charge on any atom is 0.142 e. The molecule has 0 radical (unpaired) electrons. The van der Waals surface area contributed by atoms with Crippen LogP contribution >= 0.6 is 0 Å². The van der Waals surface area contributed by atoms with Crippen LogP contribution in [0.4, 0.5) is 5.82 Å². The van der Waals surface area contributed by atoms with E-state index in [4.69, 9.17) is 5.26 Å². The topological polar surface area (TPSA) is 39.9 Å². The van der Waals surface area contributed by atoms with Crippen molar-refractivity contribution in [2.45, 2.75) is 38.6 Å². The van der Waals surface area contributed by atoms with Gasteiger partial charge in [0.05, 0.1) is 0 Å². The van der Waals surface area contributed by atoms with E-state index in [1.807, 2.05) is 12.1 Å².